The molecule has 0 aliphatic rings. The molecular weight excluding hydrogens is 390 g/mol. The van der Waals surface area contributed by atoms with E-state index < -0.39 is 4.92 Å². The third-order valence-electron chi connectivity index (χ3n) is 4.96. The highest BCUT2D eigenvalue weighted by molar-refractivity contribution is 5.34. The van der Waals surface area contributed by atoms with E-state index in [1.807, 2.05) is 0 Å². The highest BCUT2D eigenvalue weighted by atomic mass is 16.6. The van der Waals surface area contributed by atoms with Crippen LogP contribution in [0.3, 0.4) is 0 Å². The molecule has 2 rings (SSSR count). The second-order valence-electron chi connectivity index (χ2n) is 7.06. The molecule has 10 nitrogen and oxygen atoms in total. The number of aromatic nitrogens is 2. The fourth-order valence-corrected chi connectivity index (χ4v) is 3.09. The zero-order chi connectivity index (χ0) is 22.1. The number of nitrogens with zero attached hydrogens (tertiary/aromatic N) is 4. The molecule has 164 valence electrons. The number of benzene rings is 1. The molecule has 1 aromatic heterocycles. The summed E-state index contributed by atoms with van der Waals surface area (Å²) in [6.07, 6.45) is 1.71. The van der Waals surface area contributed by atoms with Crippen molar-refractivity contribution in [3.8, 4) is 0 Å². The predicted molar refractivity (Wildman–Crippen MR) is 115 cm³/mol. The summed E-state index contributed by atoms with van der Waals surface area (Å²) in [7, 11) is 4.73. The van der Waals surface area contributed by atoms with Crippen LogP contribution < -0.4 is 16.6 Å². The Labute approximate surface area is 174 Å². The summed E-state index contributed by atoms with van der Waals surface area (Å²) in [5.41, 5.74) is 0.432. The maximum Gasteiger partial charge on any atom is 0.332 e. The molecule has 0 amide bonds. The molecule has 0 saturated heterocycles. The van der Waals surface area contributed by atoms with E-state index in [0.29, 0.717) is 25.5 Å². The lowest BCUT2D eigenvalue weighted by molar-refractivity contribution is -0.384. The number of rotatable bonds is 12. The minimum atomic E-state index is -0.401. The van der Waals surface area contributed by atoms with Gasteiger partial charge in [0.1, 0.15) is 5.82 Å². The number of anilines is 1. The lowest BCUT2D eigenvalue weighted by Gasteiger charge is -2.22. The maximum absolute atomic E-state index is 12.0. The smallest absolute Gasteiger partial charge is 0.332 e. The quantitative estimate of drug-likeness (QED) is 0.403. The number of nitro benzene ring substituents is 1. The van der Waals surface area contributed by atoms with Gasteiger partial charge in [-0.3, -0.25) is 28.9 Å². The van der Waals surface area contributed by atoms with Gasteiger partial charge in [0.25, 0.3) is 11.2 Å². The van der Waals surface area contributed by atoms with Crippen LogP contribution in [0.1, 0.15) is 12.0 Å². The Kier molecular flexibility index (Phi) is 8.75. The fraction of sp³-hybridized carbons (Fsp3) is 0.500. The summed E-state index contributed by atoms with van der Waals surface area (Å²) in [5.74, 6) is 0.487. The molecule has 1 heterocycles. The van der Waals surface area contributed by atoms with Crippen LogP contribution in [-0.4, -0.2) is 58.9 Å². The molecule has 0 fully saturated rings. The summed E-state index contributed by atoms with van der Waals surface area (Å²) < 4.78 is 7.66. The van der Waals surface area contributed by atoms with Crippen LogP contribution in [0.2, 0.25) is 0 Å². The van der Waals surface area contributed by atoms with E-state index in [-0.39, 0.29) is 16.9 Å². The first-order chi connectivity index (χ1) is 14.3. The first-order valence-electron chi connectivity index (χ1n) is 9.79. The zero-order valence-corrected chi connectivity index (χ0v) is 17.7. The molecule has 0 aliphatic carbocycles. The minimum Gasteiger partial charge on any atom is -0.383 e. The van der Waals surface area contributed by atoms with Crippen LogP contribution in [0.5, 0.6) is 0 Å². The van der Waals surface area contributed by atoms with Crippen molar-refractivity contribution in [3.63, 3.8) is 0 Å². The van der Waals surface area contributed by atoms with Crippen molar-refractivity contribution in [1.82, 2.24) is 14.0 Å². The Morgan fingerprint density at radius 2 is 1.80 bits per heavy atom. The summed E-state index contributed by atoms with van der Waals surface area (Å²) >= 11 is 0. The van der Waals surface area contributed by atoms with E-state index in [2.05, 4.69) is 10.2 Å². The molecule has 10 heteroatoms. The Morgan fingerprint density at radius 1 is 1.10 bits per heavy atom. The SMILES string of the molecule is COCCN(CCCc1ccc([N+](=O)[O-])cc1)CCNc1cc(=O)n(C)c(=O)n1C. The maximum atomic E-state index is 12.0. The van der Waals surface area contributed by atoms with Gasteiger partial charge in [0.2, 0.25) is 0 Å². The number of ether oxygens (including phenoxy) is 1. The average molecular weight is 419 g/mol. The number of nitrogens with one attached hydrogen (secondary N) is 1. The van der Waals surface area contributed by atoms with Crippen LogP contribution in [0.25, 0.3) is 0 Å². The van der Waals surface area contributed by atoms with E-state index in [1.54, 1.807) is 26.3 Å². The Morgan fingerprint density at radius 3 is 2.43 bits per heavy atom. The normalized spacial score (nSPS) is 11.1. The highest BCUT2D eigenvalue weighted by Gasteiger charge is 2.09. The second-order valence-corrected chi connectivity index (χ2v) is 7.06. The van der Waals surface area contributed by atoms with Gasteiger partial charge in [-0.2, -0.15) is 0 Å². The van der Waals surface area contributed by atoms with Gasteiger partial charge in [0, 0.05) is 59.0 Å². The van der Waals surface area contributed by atoms with E-state index in [0.717, 1.165) is 36.1 Å². The van der Waals surface area contributed by atoms with Crippen molar-refractivity contribution < 1.29 is 9.66 Å². The molecule has 2 aromatic rings. The zero-order valence-electron chi connectivity index (χ0n) is 17.7. The molecule has 0 unspecified atom stereocenters. The number of nitro groups is 1. The molecule has 1 N–H and O–H groups in total. The summed E-state index contributed by atoms with van der Waals surface area (Å²) in [4.78, 5) is 36.4. The molecule has 30 heavy (non-hydrogen) atoms. The average Bonchev–Trinajstić information content (AvgIpc) is 2.73. The van der Waals surface area contributed by atoms with Gasteiger partial charge in [-0.05, 0) is 24.9 Å². The largest absolute Gasteiger partial charge is 0.383 e. The topological polar surface area (TPSA) is 112 Å². The molecule has 0 saturated carbocycles. The van der Waals surface area contributed by atoms with Gasteiger partial charge in [-0.25, -0.2) is 4.79 Å². The molecule has 0 spiro atoms. The second kappa shape index (κ2) is 11.3. The van der Waals surface area contributed by atoms with Crippen LogP contribution in [-0.2, 0) is 25.3 Å². The van der Waals surface area contributed by atoms with Crippen molar-refractivity contribution in [2.75, 3.05) is 45.2 Å². The highest BCUT2D eigenvalue weighted by Crippen LogP contribution is 2.13. The van der Waals surface area contributed by atoms with Crippen LogP contribution in [0, 0.1) is 10.1 Å². The van der Waals surface area contributed by atoms with Crippen LogP contribution in [0.4, 0.5) is 11.5 Å². The Hall–Kier alpha value is -2.98. The van der Waals surface area contributed by atoms with E-state index in [1.165, 1.54) is 29.8 Å². The molecule has 0 radical (unpaired) electrons. The van der Waals surface area contributed by atoms with Crippen molar-refractivity contribution >= 4 is 11.5 Å². The first kappa shape index (κ1) is 23.3. The monoisotopic (exact) mass is 419 g/mol. The fourth-order valence-electron chi connectivity index (χ4n) is 3.09. The lowest BCUT2D eigenvalue weighted by Crippen LogP contribution is -2.38. The van der Waals surface area contributed by atoms with Gasteiger partial charge >= 0.3 is 5.69 Å². The summed E-state index contributed by atoms with van der Waals surface area (Å²) in [6, 6.07) is 8.04. The van der Waals surface area contributed by atoms with Gasteiger partial charge in [-0.15, -0.1) is 0 Å². The van der Waals surface area contributed by atoms with E-state index in [4.69, 9.17) is 4.74 Å². The molecular formula is C20H29N5O5. The number of aryl methyl sites for hydroxylation is 1. The molecule has 0 atom stereocenters. The number of methoxy groups -OCH3 is 1. The summed E-state index contributed by atoms with van der Waals surface area (Å²) in [5, 5.41) is 13.9. The third kappa shape index (κ3) is 6.53. The van der Waals surface area contributed by atoms with Crippen molar-refractivity contribution in [2.24, 2.45) is 14.1 Å². The van der Waals surface area contributed by atoms with Gasteiger partial charge in [0.05, 0.1) is 11.5 Å². The molecule has 0 aliphatic heterocycles. The lowest BCUT2D eigenvalue weighted by atomic mass is 10.1. The first-order valence-corrected chi connectivity index (χ1v) is 9.79. The van der Waals surface area contributed by atoms with Gasteiger partial charge in [-0.1, -0.05) is 12.1 Å². The Balaban J connectivity index is 1.87. The van der Waals surface area contributed by atoms with Crippen molar-refractivity contribution in [3.05, 3.63) is 66.8 Å². The van der Waals surface area contributed by atoms with Crippen LogP contribution >= 0.6 is 0 Å². The van der Waals surface area contributed by atoms with Crippen molar-refractivity contribution in [1.29, 1.82) is 0 Å². The van der Waals surface area contributed by atoms with Crippen LogP contribution in [0.15, 0.2) is 39.9 Å². The molecule has 0 bridgehead atoms. The number of hydrogen-bond acceptors (Lipinski definition) is 7. The number of non-ortho nitro benzene ring substituents is 1. The molecule has 1 aromatic carbocycles. The van der Waals surface area contributed by atoms with E-state index in [9.17, 15) is 19.7 Å². The van der Waals surface area contributed by atoms with Crippen molar-refractivity contribution in [2.45, 2.75) is 12.8 Å². The van der Waals surface area contributed by atoms with Gasteiger partial charge < -0.3 is 10.1 Å². The third-order valence-corrected chi connectivity index (χ3v) is 4.96. The number of hydrogen-bond donors (Lipinski definition) is 1. The Bertz CT molecular complexity index is 952. The minimum absolute atomic E-state index is 0.0942. The predicted octanol–water partition coefficient (Wildman–Crippen LogP) is 0.985. The summed E-state index contributed by atoms with van der Waals surface area (Å²) in [6.45, 7) is 3.47. The van der Waals surface area contributed by atoms with E-state index >= 15 is 0 Å². The van der Waals surface area contributed by atoms with Gasteiger partial charge in [0.15, 0.2) is 0 Å². The standard InChI is InChI=1S/C20H29N5O5/c1-22-18(15-19(26)23(2)20(22)27)21-10-12-24(13-14-30-3)11-4-5-16-6-8-17(9-7-16)25(28)29/h6-9,15,21H,4-5,10-14H2,1-3H3.